The molecule has 0 fully saturated rings. The summed E-state index contributed by atoms with van der Waals surface area (Å²) in [5.74, 6) is -0.824. The zero-order valence-corrected chi connectivity index (χ0v) is 11.8. The first-order valence-electron chi connectivity index (χ1n) is 6.28. The first kappa shape index (κ1) is 16.7. The van der Waals surface area contributed by atoms with Gasteiger partial charge >= 0.3 is 12.0 Å². The molecule has 0 atom stereocenters. The van der Waals surface area contributed by atoms with Crippen LogP contribution in [-0.4, -0.2) is 66.7 Å². The Labute approximate surface area is 109 Å². The molecule has 106 valence electrons. The predicted octanol–water partition coefficient (Wildman–Crippen LogP) is 0.833. The zero-order chi connectivity index (χ0) is 14.1. The molecule has 0 aromatic carbocycles. The number of rotatable bonds is 8. The Morgan fingerprint density at radius 2 is 1.89 bits per heavy atom. The van der Waals surface area contributed by atoms with Crippen molar-refractivity contribution in [3.8, 4) is 0 Å². The van der Waals surface area contributed by atoms with Gasteiger partial charge in [-0.3, -0.25) is 4.79 Å². The molecule has 0 aromatic heterocycles. The summed E-state index contributed by atoms with van der Waals surface area (Å²) in [6.07, 6.45) is 0.579. The van der Waals surface area contributed by atoms with Crippen LogP contribution in [0, 0.1) is 0 Å². The van der Waals surface area contributed by atoms with E-state index in [-0.39, 0.29) is 18.5 Å². The highest BCUT2D eigenvalue weighted by molar-refractivity contribution is 5.74. The molecule has 0 heterocycles. The number of carbonyl (C=O) groups is 2. The molecule has 2 amide bonds. The van der Waals surface area contributed by atoms with E-state index in [0.717, 1.165) is 6.54 Å². The summed E-state index contributed by atoms with van der Waals surface area (Å²) in [5, 5.41) is 11.6. The standard InChI is InChI=1S/C12H25N3O3/c1-10(2)15(8-5-6-11(16)17)12(18)14(4)9-7-13-3/h10,13H,5-9H2,1-4H3,(H,16,17). The van der Waals surface area contributed by atoms with Crippen molar-refractivity contribution in [3.05, 3.63) is 0 Å². The zero-order valence-electron chi connectivity index (χ0n) is 11.8. The number of likely N-dealkylation sites (N-methyl/N-ethyl adjacent to an activating group) is 2. The van der Waals surface area contributed by atoms with E-state index >= 15 is 0 Å². The summed E-state index contributed by atoms with van der Waals surface area (Å²) in [5.41, 5.74) is 0. The van der Waals surface area contributed by atoms with E-state index in [1.165, 1.54) is 0 Å². The molecule has 0 unspecified atom stereocenters. The molecule has 0 spiro atoms. The van der Waals surface area contributed by atoms with Crippen LogP contribution in [0.5, 0.6) is 0 Å². The second-order valence-corrected chi connectivity index (χ2v) is 4.59. The quantitative estimate of drug-likeness (QED) is 0.677. The van der Waals surface area contributed by atoms with E-state index in [1.54, 1.807) is 16.8 Å². The van der Waals surface area contributed by atoms with Gasteiger partial charge in [0.2, 0.25) is 0 Å². The first-order chi connectivity index (χ1) is 8.40. The summed E-state index contributed by atoms with van der Waals surface area (Å²) in [6.45, 7) is 5.72. The summed E-state index contributed by atoms with van der Waals surface area (Å²) in [6, 6.07) is 0.0222. The molecule has 6 heteroatoms. The fourth-order valence-electron chi connectivity index (χ4n) is 1.57. The second-order valence-electron chi connectivity index (χ2n) is 4.59. The van der Waals surface area contributed by atoms with Crippen molar-refractivity contribution >= 4 is 12.0 Å². The highest BCUT2D eigenvalue weighted by atomic mass is 16.4. The van der Waals surface area contributed by atoms with Gasteiger partial charge in [0.05, 0.1) is 0 Å². The van der Waals surface area contributed by atoms with Crippen LogP contribution < -0.4 is 5.32 Å². The van der Waals surface area contributed by atoms with Crippen molar-refractivity contribution in [2.24, 2.45) is 0 Å². The number of aliphatic carboxylic acids is 1. The maximum absolute atomic E-state index is 12.1. The van der Waals surface area contributed by atoms with Gasteiger partial charge in [0.25, 0.3) is 0 Å². The number of nitrogens with zero attached hydrogens (tertiary/aromatic N) is 2. The molecule has 2 N–H and O–H groups in total. The smallest absolute Gasteiger partial charge is 0.320 e. The summed E-state index contributed by atoms with van der Waals surface area (Å²) in [4.78, 5) is 26.0. The third-order valence-electron chi connectivity index (χ3n) is 2.68. The lowest BCUT2D eigenvalue weighted by Gasteiger charge is -2.31. The molecule has 6 nitrogen and oxygen atoms in total. The number of nitrogens with one attached hydrogen (secondary N) is 1. The SMILES string of the molecule is CNCCN(C)C(=O)N(CCCC(=O)O)C(C)C. The van der Waals surface area contributed by atoms with Crippen molar-refractivity contribution in [2.75, 3.05) is 33.7 Å². The van der Waals surface area contributed by atoms with Crippen LogP contribution in [0.1, 0.15) is 26.7 Å². The van der Waals surface area contributed by atoms with Crippen molar-refractivity contribution in [2.45, 2.75) is 32.7 Å². The Morgan fingerprint density at radius 3 is 2.33 bits per heavy atom. The highest BCUT2D eigenvalue weighted by Crippen LogP contribution is 2.06. The molecule has 0 bridgehead atoms. The minimum absolute atomic E-state index is 0.0503. The summed E-state index contributed by atoms with van der Waals surface area (Å²) < 4.78 is 0. The molecule has 0 rings (SSSR count). The normalized spacial score (nSPS) is 10.5. The molecule has 0 aliphatic heterocycles. The van der Waals surface area contributed by atoms with Gasteiger partial charge in [-0.15, -0.1) is 0 Å². The molecule has 0 saturated carbocycles. The lowest BCUT2D eigenvalue weighted by atomic mass is 10.2. The van der Waals surface area contributed by atoms with Gasteiger partial charge in [0, 0.05) is 39.1 Å². The third-order valence-corrected chi connectivity index (χ3v) is 2.68. The van der Waals surface area contributed by atoms with Crippen molar-refractivity contribution in [1.29, 1.82) is 0 Å². The van der Waals surface area contributed by atoms with Gasteiger partial charge in [-0.25, -0.2) is 4.79 Å². The molecule has 0 aromatic rings. The number of hydrogen-bond donors (Lipinski definition) is 2. The number of carbonyl (C=O) groups excluding carboxylic acids is 1. The van der Waals surface area contributed by atoms with Crippen LogP contribution in [0.15, 0.2) is 0 Å². The van der Waals surface area contributed by atoms with Gasteiger partial charge in [-0.1, -0.05) is 0 Å². The highest BCUT2D eigenvalue weighted by Gasteiger charge is 2.20. The number of urea groups is 1. The average molecular weight is 259 g/mol. The number of amides is 2. The molecule has 0 aliphatic carbocycles. The predicted molar refractivity (Wildman–Crippen MR) is 70.7 cm³/mol. The van der Waals surface area contributed by atoms with E-state index in [2.05, 4.69) is 5.32 Å². The first-order valence-corrected chi connectivity index (χ1v) is 6.28. The molecular formula is C12H25N3O3. The maximum Gasteiger partial charge on any atom is 0.320 e. The minimum atomic E-state index is -0.824. The van der Waals surface area contributed by atoms with E-state index in [0.29, 0.717) is 19.5 Å². The van der Waals surface area contributed by atoms with E-state index in [1.807, 2.05) is 20.9 Å². The van der Waals surface area contributed by atoms with Crippen molar-refractivity contribution in [1.82, 2.24) is 15.1 Å². The molecule has 0 saturated heterocycles. The Balaban J connectivity index is 4.30. The van der Waals surface area contributed by atoms with E-state index in [4.69, 9.17) is 5.11 Å². The summed E-state index contributed by atoms with van der Waals surface area (Å²) >= 11 is 0. The van der Waals surface area contributed by atoms with Gasteiger partial charge in [0.15, 0.2) is 0 Å². The third kappa shape index (κ3) is 6.44. The van der Waals surface area contributed by atoms with Gasteiger partial charge in [-0.05, 0) is 27.3 Å². The topological polar surface area (TPSA) is 72.9 Å². The number of carboxylic acids is 1. The number of carboxylic acid groups (broad SMARTS) is 1. The van der Waals surface area contributed by atoms with Crippen molar-refractivity contribution in [3.63, 3.8) is 0 Å². The molecule has 18 heavy (non-hydrogen) atoms. The second kappa shape index (κ2) is 8.74. The molecular weight excluding hydrogens is 234 g/mol. The molecule has 0 aliphatic rings. The van der Waals surface area contributed by atoms with Gasteiger partial charge < -0.3 is 20.2 Å². The lowest BCUT2D eigenvalue weighted by molar-refractivity contribution is -0.137. The van der Waals surface area contributed by atoms with E-state index < -0.39 is 5.97 Å². The fraction of sp³-hybridized carbons (Fsp3) is 0.833. The minimum Gasteiger partial charge on any atom is -0.481 e. The van der Waals surface area contributed by atoms with Crippen LogP contribution in [0.25, 0.3) is 0 Å². The van der Waals surface area contributed by atoms with Gasteiger partial charge in [0.1, 0.15) is 0 Å². The monoisotopic (exact) mass is 259 g/mol. The maximum atomic E-state index is 12.1. The average Bonchev–Trinajstić information content (AvgIpc) is 2.30. The number of hydrogen-bond acceptors (Lipinski definition) is 3. The Bertz CT molecular complexity index is 269. The van der Waals surface area contributed by atoms with Crippen LogP contribution >= 0.6 is 0 Å². The molecule has 0 radical (unpaired) electrons. The Morgan fingerprint density at radius 1 is 1.28 bits per heavy atom. The Kier molecular flexibility index (Phi) is 8.11. The van der Waals surface area contributed by atoms with Crippen LogP contribution in [0.4, 0.5) is 4.79 Å². The Hall–Kier alpha value is -1.30. The summed E-state index contributed by atoms with van der Waals surface area (Å²) in [7, 11) is 3.59. The fourth-order valence-corrected chi connectivity index (χ4v) is 1.57. The largest absolute Gasteiger partial charge is 0.481 e. The van der Waals surface area contributed by atoms with Crippen LogP contribution in [-0.2, 0) is 4.79 Å². The van der Waals surface area contributed by atoms with E-state index in [9.17, 15) is 9.59 Å². The van der Waals surface area contributed by atoms with Crippen molar-refractivity contribution < 1.29 is 14.7 Å². The van der Waals surface area contributed by atoms with Crippen LogP contribution in [0.2, 0.25) is 0 Å². The van der Waals surface area contributed by atoms with Gasteiger partial charge in [-0.2, -0.15) is 0 Å². The van der Waals surface area contributed by atoms with Crippen LogP contribution in [0.3, 0.4) is 0 Å². The lowest BCUT2D eigenvalue weighted by Crippen LogP contribution is -2.46.